The largest absolute Gasteiger partial charge is 0.492 e. The first-order valence-electron chi connectivity index (χ1n) is 12.5. The molecule has 36 heavy (non-hydrogen) atoms. The number of ether oxygens (including phenoxy) is 2. The fourth-order valence-corrected chi connectivity index (χ4v) is 5.44. The van der Waals surface area contributed by atoms with E-state index < -0.39 is 5.60 Å². The highest BCUT2D eigenvalue weighted by atomic mass is 16.6. The zero-order valence-corrected chi connectivity index (χ0v) is 21.1. The number of rotatable bonds is 4. The molecule has 1 amide bonds. The van der Waals surface area contributed by atoms with Gasteiger partial charge in [-0.3, -0.25) is 10.00 Å². The fraction of sp³-hybridized carbons (Fsp3) is 0.462. The van der Waals surface area contributed by atoms with Gasteiger partial charge in [0.15, 0.2) is 5.65 Å². The molecule has 188 valence electrons. The van der Waals surface area contributed by atoms with Gasteiger partial charge in [-0.1, -0.05) is 0 Å². The molecular formula is C26H31N7O3. The van der Waals surface area contributed by atoms with Gasteiger partial charge in [-0.15, -0.1) is 5.10 Å². The summed E-state index contributed by atoms with van der Waals surface area (Å²) in [5, 5.41) is 12.7. The molecule has 2 unspecified atom stereocenters. The zero-order valence-electron chi connectivity index (χ0n) is 21.1. The number of anilines is 1. The molecule has 10 nitrogen and oxygen atoms in total. The van der Waals surface area contributed by atoms with E-state index >= 15 is 0 Å². The summed E-state index contributed by atoms with van der Waals surface area (Å²) in [6.45, 7) is 9.78. The highest BCUT2D eigenvalue weighted by Gasteiger charge is 2.44. The molecule has 2 aliphatic rings. The van der Waals surface area contributed by atoms with Crippen LogP contribution in [0, 0.1) is 0 Å². The summed E-state index contributed by atoms with van der Waals surface area (Å²) in [6, 6.07) is 6.47. The molecular weight excluding hydrogens is 458 g/mol. The number of fused-ring (bicyclic) bond motifs is 5. The van der Waals surface area contributed by atoms with Crippen LogP contribution in [0.15, 0.2) is 36.8 Å². The number of hydrogen-bond donors (Lipinski definition) is 1. The molecule has 2 fully saturated rings. The SMILES string of the molecule is CCOc1cc(-c2ccc(N3CC4CCC(C3)N4C(=O)OC(C)(C)C)nc2)c2c3cn[nH]c3nn2c1. The van der Waals surface area contributed by atoms with Crippen molar-refractivity contribution in [3.8, 4) is 16.9 Å². The fourth-order valence-electron chi connectivity index (χ4n) is 5.44. The Bertz CT molecular complexity index is 1410. The highest BCUT2D eigenvalue weighted by Crippen LogP contribution is 2.36. The molecule has 1 N–H and O–H groups in total. The van der Waals surface area contributed by atoms with Crippen LogP contribution < -0.4 is 9.64 Å². The Hall–Kier alpha value is -3.82. The topological polar surface area (TPSA) is 101 Å². The van der Waals surface area contributed by atoms with E-state index in [4.69, 9.17) is 14.5 Å². The Labute approximate surface area is 209 Å². The van der Waals surface area contributed by atoms with Gasteiger partial charge in [-0.25, -0.2) is 14.3 Å². The average Bonchev–Trinajstić information content (AvgIpc) is 3.49. The molecule has 2 aliphatic heterocycles. The summed E-state index contributed by atoms with van der Waals surface area (Å²) < 4.78 is 13.3. The maximum absolute atomic E-state index is 12.8. The van der Waals surface area contributed by atoms with Crippen molar-refractivity contribution in [3.63, 3.8) is 0 Å². The third-order valence-corrected chi connectivity index (χ3v) is 6.88. The van der Waals surface area contributed by atoms with Gasteiger partial charge >= 0.3 is 6.09 Å². The number of aromatic nitrogens is 5. The van der Waals surface area contributed by atoms with E-state index in [2.05, 4.69) is 32.3 Å². The molecule has 2 saturated heterocycles. The van der Waals surface area contributed by atoms with Crippen LogP contribution >= 0.6 is 0 Å². The molecule has 0 spiro atoms. The molecule has 4 aromatic rings. The second-order valence-corrected chi connectivity index (χ2v) is 10.5. The number of carbonyl (C=O) groups excluding carboxylic acids is 1. The van der Waals surface area contributed by atoms with Crippen LogP contribution in [0.25, 0.3) is 27.7 Å². The Morgan fingerprint density at radius 3 is 2.61 bits per heavy atom. The van der Waals surface area contributed by atoms with Gasteiger partial charge in [0.1, 0.15) is 17.2 Å². The summed E-state index contributed by atoms with van der Waals surface area (Å²) >= 11 is 0. The van der Waals surface area contributed by atoms with Gasteiger partial charge in [0.25, 0.3) is 0 Å². The van der Waals surface area contributed by atoms with Crippen molar-refractivity contribution < 1.29 is 14.3 Å². The van der Waals surface area contributed by atoms with E-state index in [0.717, 1.165) is 65.2 Å². The van der Waals surface area contributed by atoms with Crippen LogP contribution in [0.3, 0.4) is 0 Å². The maximum atomic E-state index is 12.8. The number of hydrogen-bond acceptors (Lipinski definition) is 7. The minimum absolute atomic E-state index is 0.142. The van der Waals surface area contributed by atoms with Gasteiger partial charge in [0.05, 0.1) is 42.0 Å². The maximum Gasteiger partial charge on any atom is 0.410 e. The number of nitrogens with zero attached hydrogens (tertiary/aromatic N) is 6. The van der Waals surface area contributed by atoms with Gasteiger partial charge in [-0.2, -0.15) is 5.10 Å². The molecule has 0 saturated carbocycles. The highest BCUT2D eigenvalue weighted by molar-refractivity contribution is 6.00. The lowest BCUT2D eigenvalue weighted by Crippen LogP contribution is -2.57. The van der Waals surface area contributed by atoms with Crippen molar-refractivity contribution in [1.29, 1.82) is 0 Å². The predicted molar refractivity (Wildman–Crippen MR) is 136 cm³/mol. The van der Waals surface area contributed by atoms with Crippen LogP contribution in [0.4, 0.5) is 10.6 Å². The number of H-pyrrole nitrogens is 1. The molecule has 2 bridgehead atoms. The van der Waals surface area contributed by atoms with Crippen molar-refractivity contribution in [3.05, 3.63) is 36.8 Å². The standard InChI is InChI=1S/C26H31N7O3/c1-5-35-19-10-20(23-21-12-28-29-24(21)30-32(23)15-19)16-6-9-22(27-11-16)31-13-17-7-8-18(14-31)33(17)25(34)36-26(2,3)4/h6,9-12,15,17-18H,5,7-8,13-14H2,1-4H3,(H,29,30). The molecule has 0 aliphatic carbocycles. The van der Waals surface area contributed by atoms with E-state index in [9.17, 15) is 4.79 Å². The molecule has 6 heterocycles. The number of piperazine rings is 1. The number of aromatic amines is 1. The molecule has 10 heteroatoms. The summed E-state index contributed by atoms with van der Waals surface area (Å²) in [5.74, 6) is 1.66. The number of nitrogens with one attached hydrogen (secondary N) is 1. The molecule has 0 aromatic carbocycles. The second kappa shape index (κ2) is 8.39. The van der Waals surface area contributed by atoms with Crippen molar-refractivity contribution in [1.82, 2.24) is 29.7 Å². The van der Waals surface area contributed by atoms with Crippen LogP contribution in [0.5, 0.6) is 5.75 Å². The van der Waals surface area contributed by atoms with Crippen LogP contribution in [-0.4, -0.2) is 73.2 Å². The molecule has 4 aromatic heterocycles. The van der Waals surface area contributed by atoms with Crippen LogP contribution in [-0.2, 0) is 4.74 Å². The lowest BCUT2D eigenvalue weighted by Gasteiger charge is -2.41. The minimum Gasteiger partial charge on any atom is -0.492 e. The normalized spacial score (nSPS) is 19.9. The first-order chi connectivity index (χ1) is 17.3. The van der Waals surface area contributed by atoms with Crippen molar-refractivity contribution in [2.45, 2.75) is 58.2 Å². The lowest BCUT2D eigenvalue weighted by molar-refractivity contribution is 0.0122. The summed E-state index contributed by atoms with van der Waals surface area (Å²) in [7, 11) is 0. The summed E-state index contributed by atoms with van der Waals surface area (Å²) in [4.78, 5) is 21.9. The summed E-state index contributed by atoms with van der Waals surface area (Å²) in [6.07, 6.45) is 7.36. The summed E-state index contributed by atoms with van der Waals surface area (Å²) in [5.41, 5.74) is 3.16. The van der Waals surface area contributed by atoms with Gasteiger partial charge < -0.3 is 14.4 Å². The Morgan fingerprint density at radius 2 is 1.94 bits per heavy atom. The van der Waals surface area contributed by atoms with Gasteiger partial charge in [-0.05, 0) is 58.7 Å². The van der Waals surface area contributed by atoms with Crippen molar-refractivity contribution >= 4 is 28.5 Å². The minimum atomic E-state index is -0.493. The zero-order chi connectivity index (χ0) is 25.0. The number of amides is 1. The third-order valence-electron chi connectivity index (χ3n) is 6.88. The molecule has 2 atom stereocenters. The van der Waals surface area contributed by atoms with E-state index in [1.165, 1.54) is 0 Å². The van der Waals surface area contributed by atoms with E-state index in [1.54, 1.807) is 6.20 Å². The van der Waals surface area contributed by atoms with E-state index in [0.29, 0.717) is 6.61 Å². The Morgan fingerprint density at radius 1 is 1.17 bits per heavy atom. The predicted octanol–water partition coefficient (Wildman–Crippen LogP) is 4.26. The first-order valence-corrected chi connectivity index (χ1v) is 12.5. The average molecular weight is 490 g/mol. The molecule has 0 radical (unpaired) electrons. The van der Waals surface area contributed by atoms with Crippen molar-refractivity contribution in [2.24, 2.45) is 0 Å². The van der Waals surface area contributed by atoms with Gasteiger partial charge in [0, 0.05) is 30.4 Å². The van der Waals surface area contributed by atoms with Crippen LogP contribution in [0.1, 0.15) is 40.5 Å². The van der Waals surface area contributed by atoms with E-state index in [-0.39, 0.29) is 18.2 Å². The number of carbonyl (C=O) groups is 1. The Balaban J connectivity index is 1.27. The quantitative estimate of drug-likeness (QED) is 0.457. The first kappa shape index (κ1) is 22.6. The molecule has 6 rings (SSSR count). The van der Waals surface area contributed by atoms with Gasteiger partial charge in [0.2, 0.25) is 0 Å². The second-order valence-electron chi connectivity index (χ2n) is 10.5. The number of pyridine rings is 2. The van der Waals surface area contributed by atoms with Crippen LogP contribution in [0.2, 0.25) is 0 Å². The monoisotopic (exact) mass is 489 g/mol. The lowest BCUT2D eigenvalue weighted by atomic mass is 10.1. The smallest absolute Gasteiger partial charge is 0.410 e. The third kappa shape index (κ3) is 3.90. The van der Waals surface area contributed by atoms with E-state index in [1.807, 2.05) is 55.6 Å². The Kier molecular flexibility index (Phi) is 5.27. The van der Waals surface area contributed by atoms with Crippen molar-refractivity contribution in [2.75, 3.05) is 24.6 Å².